The smallest absolute Gasteiger partial charge is 0.351 e. The zero-order valence-corrected chi connectivity index (χ0v) is 37.0. The van der Waals surface area contributed by atoms with Crippen molar-refractivity contribution in [3.05, 3.63) is 101 Å². The minimum atomic E-state index is -1.84. The highest BCUT2D eigenvalue weighted by Crippen LogP contribution is 2.48. The maximum atomic E-state index is 14.7. The van der Waals surface area contributed by atoms with Gasteiger partial charge in [-0.3, -0.25) is 33.3 Å². The SMILES string of the molecule is CC/C=C/[C@]1(CC)O[C@@H](n2ccc(=O)[nH]c2=O)[C@H](F)[C@@H]1C.CCCC[C@]1(CC)O[C@@H](n2ccc(=O)[nH]c2=O)[C@H](F)[C@@H]1C.CCCC[C@]1(CO)O[C@@H](n2ccc(N)nc2=O)[C@H](F)[C@@H]1O. The molecule has 0 bridgehead atoms. The van der Waals surface area contributed by atoms with Gasteiger partial charge in [0.15, 0.2) is 37.2 Å². The van der Waals surface area contributed by atoms with E-state index in [1.54, 1.807) is 6.92 Å². The second-order valence-electron chi connectivity index (χ2n) is 16.4. The van der Waals surface area contributed by atoms with E-state index in [1.807, 2.05) is 46.8 Å². The number of aromatic amines is 2. The summed E-state index contributed by atoms with van der Waals surface area (Å²) in [7, 11) is 0. The molecule has 17 nitrogen and oxygen atoms in total. The lowest BCUT2D eigenvalue weighted by molar-refractivity contribution is -0.133. The molecule has 3 aliphatic rings. The van der Waals surface area contributed by atoms with Crippen molar-refractivity contribution in [2.75, 3.05) is 12.3 Å². The number of nitrogens with two attached hydrogens (primary N) is 1. The van der Waals surface area contributed by atoms with Crippen LogP contribution >= 0.6 is 0 Å². The van der Waals surface area contributed by atoms with E-state index in [-0.39, 0.29) is 17.7 Å². The average molecular weight is 896 g/mol. The van der Waals surface area contributed by atoms with Gasteiger partial charge in [-0.2, -0.15) is 4.98 Å². The number of rotatable bonds is 14. The highest BCUT2D eigenvalue weighted by molar-refractivity contribution is 5.24. The van der Waals surface area contributed by atoms with Crippen LogP contribution in [0.3, 0.4) is 0 Å². The lowest BCUT2D eigenvalue weighted by Crippen LogP contribution is -2.45. The van der Waals surface area contributed by atoms with Gasteiger partial charge in [0.1, 0.15) is 17.5 Å². The Morgan fingerprint density at radius 1 is 0.730 bits per heavy atom. The third kappa shape index (κ3) is 10.8. The lowest BCUT2D eigenvalue weighted by Gasteiger charge is -2.31. The minimum Gasteiger partial charge on any atom is -0.393 e. The number of aliphatic hydroxyl groups excluding tert-OH is 2. The van der Waals surface area contributed by atoms with Crippen LogP contribution in [0.2, 0.25) is 0 Å². The van der Waals surface area contributed by atoms with Gasteiger partial charge in [-0.15, -0.1) is 0 Å². The van der Waals surface area contributed by atoms with E-state index >= 15 is 0 Å². The van der Waals surface area contributed by atoms with Crippen molar-refractivity contribution in [1.29, 1.82) is 0 Å². The molecular formula is C43H64F3N7O10. The van der Waals surface area contributed by atoms with Gasteiger partial charge in [0.25, 0.3) is 11.1 Å². The molecule has 0 radical (unpaired) electrons. The molecule has 3 aromatic rings. The van der Waals surface area contributed by atoms with Gasteiger partial charge in [0.05, 0.1) is 17.8 Å². The van der Waals surface area contributed by atoms with Crippen LogP contribution in [0.1, 0.15) is 125 Å². The molecule has 63 heavy (non-hydrogen) atoms. The van der Waals surface area contributed by atoms with Crippen molar-refractivity contribution < 1.29 is 37.6 Å². The quantitative estimate of drug-likeness (QED) is 0.141. The third-order valence-electron chi connectivity index (χ3n) is 12.6. The fourth-order valence-electron chi connectivity index (χ4n) is 8.46. The molecule has 6 rings (SSSR count). The predicted molar refractivity (Wildman–Crippen MR) is 229 cm³/mol. The molecule has 0 aliphatic carbocycles. The summed E-state index contributed by atoms with van der Waals surface area (Å²) in [6.07, 6.45) is 5.07. The highest BCUT2D eigenvalue weighted by atomic mass is 19.1. The fraction of sp³-hybridized carbons (Fsp3) is 0.674. The zero-order chi connectivity index (χ0) is 46.9. The van der Waals surface area contributed by atoms with E-state index in [0.29, 0.717) is 25.7 Å². The zero-order valence-electron chi connectivity index (χ0n) is 37.0. The number of halogens is 3. The Hall–Kier alpha value is -4.63. The van der Waals surface area contributed by atoms with Crippen LogP contribution in [0.5, 0.6) is 0 Å². The molecule has 6 heterocycles. The molecule has 0 saturated carbocycles. The Balaban J connectivity index is 0.000000207. The number of alkyl halides is 3. The van der Waals surface area contributed by atoms with Gasteiger partial charge in [-0.1, -0.05) is 86.3 Å². The summed E-state index contributed by atoms with van der Waals surface area (Å²) >= 11 is 0. The van der Waals surface area contributed by atoms with Crippen molar-refractivity contribution in [1.82, 2.24) is 28.7 Å². The molecule has 0 spiro atoms. The Morgan fingerprint density at radius 2 is 1.22 bits per heavy atom. The first-order chi connectivity index (χ1) is 29.8. The number of aliphatic hydroxyl groups is 2. The van der Waals surface area contributed by atoms with Crippen molar-refractivity contribution >= 4 is 5.82 Å². The molecule has 352 valence electrons. The van der Waals surface area contributed by atoms with Gasteiger partial charge >= 0.3 is 17.1 Å². The predicted octanol–water partition coefficient (Wildman–Crippen LogP) is 4.51. The molecule has 0 amide bonds. The van der Waals surface area contributed by atoms with Gasteiger partial charge in [0.2, 0.25) is 0 Å². The number of aromatic nitrogens is 6. The van der Waals surface area contributed by atoms with E-state index in [9.17, 15) is 47.4 Å². The first-order valence-electron chi connectivity index (χ1n) is 21.7. The van der Waals surface area contributed by atoms with Crippen LogP contribution in [0.25, 0.3) is 0 Å². The molecule has 6 N–H and O–H groups in total. The fourth-order valence-corrected chi connectivity index (χ4v) is 8.46. The summed E-state index contributed by atoms with van der Waals surface area (Å²) in [4.78, 5) is 65.5. The van der Waals surface area contributed by atoms with E-state index in [0.717, 1.165) is 45.8 Å². The summed E-state index contributed by atoms with van der Waals surface area (Å²) in [5.41, 5.74) is -0.351. The van der Waals surface area contributed by atoms with E-state index < -0.39 is 94.9 Å². The summed E-state index contributed by atoms with van der Waals surface area (Å²) in [6, 6.07) is 3.74. The summed E-state index contributed by atoms with van der Waals surface area (Å²) in [6.45, 7) is 13.0. The summed E-state index contributed by atoms with van der Waals surface area (Å²) in [5.74, 6) is -0.656. The van der Waals surface area contributed by atoms with Crippen LogP contribution in [-0.2, 0) is 14.2 Å². The number of H-pyrrole nitrogens is 2. The minimum absolute atomic E-state index is 0.0182. The number of nitrogens with one attached hydrogen (secondary N) is 2. The average Bonchev–Trinajstić information content (AvgIpc) is 3.77. The number of allylic oxidation sites excluding steroid dienone is 1. The monoisotopic (exact) mass is 895 g/mol. The van der Waals surface area contributed by atoms with Crippen LogP contribution in [-0.4, -0.2) is 86.9 Å². The Labute approximate surface area is 363 Å². The largest absolute Gasteiger partial charge is 0.393 e. The number of ether oxygens (including phenoxy) is 3. The topological polar surface area (TPSA) is 239 Å². The second kappa shape index (κ2) is 21.8. The normalized spacial score (nSPS) is 32.6. The lowest BCUT2D eigenvalue weighted by atomic mass is 9.81. The maximum absolute atomic E-state index is 14.7. The van der Waals surface area contributed by atoms with Crippen LogP contribution < -0.4 is 33.9 Å². The summed E-state index contributed by atoms with van der Waals surface area (Å²) in [5, 5.41) is 19.6. The maximum Gasteiger partial charge on any atom is 0.351 e. The van der Waals surface area contributed by atoms with Crippen molar-refractivity contribution in [2.24, 2.45) is 11.8 Å². The molecule has 3 aromatic heterocycles. The van der Waals surface area contributed by atoms with Gasteiger partial charge in [0, 0.05) is 42.6 Å². The number of nitrogens with zero attached hydrogens (tertiary/aromatic N) is 4. The van der Waals surface area contributed by atoms with Gasteiger partial charge in [-0.25, -0.2) is 27.6 Å². The third-order valence-corrected chi connectivity index (χ3v) is 12.6. The number of nitrogen functional groups attached to an aromatic ring is 1. The number of unbranched alkanes of at least 4 members (excludes halogenated alkanes) is 2. The van der Waals surface area contributed by atoms with E-state index in [2.05, 4.69) is 21.9 Å². The summed E-state index contributed by atoms with van der Waals surface area (Å²) < 4.78 is 64.3. The van der Waals surface area contributed by atoms with Crippen molar-refractivity contribution in [2.45, 2.75) is 166 Å². The molecule has 0 aromatic carbocycles. The first-order valence-corrected chi connectivity index (χ1v) is 21.7. The Morgan fingerprint density at radius 3 is 1.70 bits per heavy atom. The number of hydrogen-bond donors (Lipinski definition) is 5. The first kappa shape index (κ1) is 51.0. The number of anilines is 1. The van der Waals surface area contributed by atoms with Gasteiger partial charge in [-0.05, 0) is 38.2 Å². The molecule has 12 atom stereocenters. The highest BCUT2D eigenvalue weighted by Gasteiger charge is 2.56. The molecular weight excluding hydrogens is 832 g/mol. The van der Waals surface area contributed by atoms with Crippen molar-refractivity contribution in [3.8, 4) is 0 Å². The Kier molecular flexibility index (Phi) is 17.7. The van der Waals surface area contributed by atoms with Gasteiger partial charge < -0.3 is 30.2 Å². The molecule has 20 heteroatoms. The van der Waals surface area contributed by atoms with Crippen molar-refractivity contribution in [3.63, 3.8) is 0 Å². The second-order valence-corrected chi connectivity index (χ2v) is 16.4. The Bertz CT molecular complexity index is 2280. The van der Waals surface area contributed by atoms with Crippen LogP contribution in [0, 0.1) is 11.8 Å². The van der Waals surface area contributed by atoms with Crippen LogP contribution in [0.4, 0.5) is 19.0 Å². The molecule has 3 saturated heterocycles. The standard InChI is InChI=1S/C15H23FN2O3.C15H21FN2O3.C13H20FN3O4/c2*1-4-6-8-15(5-2)10(3)12(16)13(21-15)18-9-7-11(19)17-14(18)20;1-2-3-5-13(7-18)10(19)9(14)11(21-13)17-6-4-8(15)16-12(17)20/h7,9-10,12-13H,4-6,8H2,1-3H3,(H,17,19,20);6-10,12-13H,4-5H2,1-3H3,(H,17,19,20);4,6,9-11,18-19H,2-3,5,7H2,1H3,(H2,15,16,20)/b;8-6+;/t2*10-,12+,13+,15-;9-,10+,11-,13-/m001/s1. The molecule has 3 fully saturated rings. The molecule has 0 unspecified atom stereocenters. The number of hydrogen-bond acceptors (Lipinski definition) is 12. The van der Waals surface area contributed by atoms with E-state index in [1.165, 1.54) is 36.8 Å². The van der Waals surface area contributed by atoms with Crippen LogP contribution in [0.15, 0.2) is 72.9 Å². The van der Waals surface area contributed by atoms with E-state index in [4.69, 9.17) is 19.9 Å². The molecule has 3 aliphatic heterocycles.